The first kappa shape index (κ1) is 18.9. The number of hydrogen-bond donors (Lipinski definition) is 0. The van der Waals surface area contributed by atoms with Gasteiger partial charge in [0.15, 0.2) is 29.4 Å². The Morgan fingerprint density at radius 1 is 1.00 bits per heavy atom. The zero-order valence-corrected chi connectivity index (χ0v) is 15.7. The summed E-state index contributed by atoms with van der Waals surface area (Å²) < 4.78 is 44.5. The maximum Gasteiger partial charge on any atom is 0.166 e. The van der Waals surface area contributed by atoms with Crippen LogP contribution in [0, 0.1) is 18.6 Å². The molecule has 4 nitrogen and oxygen atoms in total. The van der Waals surface area contributed by atoms with Crippen LogP contribution >= 0.6 is 0 Å². The molecule has 0 spiro atoms. The normalized spacial score (nSPS) is 12.5. The highest BCUT2D eigenvalue weighted by atomic mass is 19.1. The molecule has 4 rings (SSSR count). The van der Waals surface area contributed by atoms with E-state index in [0.717, 1.165) is 34.4 Å². The summed E-state index contributed by atoms with van der Waals surface area (Å²) in [6.45, 7) is 3.04. The summed E-state index contributed by atoms with van der Waals surface area (Å²) in [6.07, 6.45) is 0.267. The molecule has 0 radical (unpaired) electrons. The number of rotatable bonds is 5. The third-order valence-electron chi connectivity index (χ3n) is 4.86. The molecule has 0 fully saturated rings. The summed E-state index contributed by atoms with van der Waals surface area (Å²) in [5, 5.41) is 0. The summed E-state index contributed by atoms with van der Waals surface area (Å²) >= 11 is 0. The molecule has 0 N–H and O–H groups in total. The van der Waals surface area contributed by atoms with Crippen LogP contribution < -0.4 is 14.2 Å². The van der Waals surface area contributed by atoms with Gasteiger partial charge < -0.3 is 14.2 Å². The van der Waals surface area contributed by atoms with Crippen molar-refractivity contribution < 1.29 is 27.8 Å². The predicted molar refractivity (Wildman–Crippen MR) is 104 cm³/mol. The molecule has 1 aliphatic heterocycles. The van der Waals surface area contributed by atoms with E-state index in [1.165, 1.54) is 0 Å². The lowest BCUT2D eigenvalue weighted by molar-refractivity contribution is 0.111. The van der Waals surface area contributed by atoms with E-state index in [-0.39, 0.29) is 24.2 Å². The standard InChI is InChI=1S/C23H18F2O4/c1-14-16(13-29-22-11-19(24)17(12-26)9-20(22)25)3-2-4-18(14)15-5-6-21-23(10-15)28-8-7-27-21/h2-6,9-12H,7-8,13H2,1H3. The van der Waals surface area contributed by atoms with E-state index in [1.54, 1.807) is 0 Å². The molecule has 0 saturated carbocycles. The molecule has 29 heavy (non-hydrogen) atoms. The van der Waals surface area contributed by atoms with Crippen LogP contribution in [0.5, 0.6) is 17.2 Å². The number of hydrogen-bond acceptors (Lipinski definition) is 4. The molecule has 3 aromatic carbocycles. The quantitative estimate of drug-likeness (QED) is 0.563. The molecule has 1 heterocycles. The number of fused-ring (bicyclic) bond motifs is 1. The van der Waals surface area contributed by atoms with Gasteiger partial charge in [0, 0.05) is 6.07 Å². The van der Waals surface area contributed by atoms with E-state index in [9.17, 15) is 13.6 Å². The van der Waals surface area contributed by atoms with Crippen LogP contribution in [0.25, 0.3) is 11.1 Å². The largest absolute Gasteiger partial charge is 0.486 e. The highest BCUT2D eigenvalue weighted by Crippen LogP contribution is 2.36. The number of aldehydes is 1. The van der Waals surface area contributed by atoms with Crippen LogP contribution in [-0.2, 0) is 6.61 Å². The van der Waals surface area contributed by atoms with Gasteiger partial charge in [0.2, 0.25) is 0 Å². The van der Waals surface area contributed by atoms with E-state index in [4.69, 9.17) is 14.2 Å². The fourth-order valence-electron chi connectivity index (χ4n) is 3.26. The van der Waals surface area contributed by atoms with Gasteiger partial charge in [0.1, 0.15) is 25.6 Å². The lowest BCUT2D eigenvalue weighted by atomic mass is 9.96. The predicted octanol–water partition coefficient (Wildman–Crippen LogP) is 5.10. The van der Waals surface area contributed by atoms with E-state index >= 15 is 0 Å². The summed E-state index contributed by atoms with van der Waals surface area (Å²) in [5.41, 5.74) is 3.38. The average molecular weight is 396 g/mol. The minimum absolute atomic E-state index is 0.0566. The molecule has 1 aliphatic rings. The molecule has 0 atom stereocenters. The van der Waals surface area contributed by atoms with Gasteiger partial charge in [0.25, 0.3) is 0 Å². The zero-order chi connectivity index (χ0) is 20.4. The molecule has 0 unspecified atom stereocenters. The Labute approximate surface area is 166 Å². The Hall–Kier alpha value is -3.41. The van der Waals surface area contributed by atoms with Crippen molar-refractivity contribution in [3.63, 3.8) is 0 Å². The second-order valence-corrected chi connectivity index (χ2v) is 6.66. The monoisotopic (exact) mass is 396 g/mol. The topological polar surface area (TPSA) is 44.8 Å². The number of carbonyl (C=O) groups is 1. The van der Waals surface area contributed by atoms with Crippen molar-refractivity contribution in [2.75, 3.05) is 13.2 Å². The Balaban J connectivity index is 1.59. The molecule has 0 aromatic heterocycles. The number of ether oxygens (including phenoxy) is 3. The molecule has 6 heteroatoms. The summed E-state index contributed by atoms with van der Waals surface area (Å²) in [4.78, 5) is 10.7. The van der Waals surface area contributed by atoms with E-state index in [0.29, 0.717) is 24.7 Å². The lowest BCUT2D eigenvalue weighted by Gasteiger charge is -2.20. The van der Waals surface area contributed by atoms with Crippen molar-refractivity contribution in [2.45, 2.75) is 13.5 Å². The van der Waals surface area contributed by atoms with Crippen molar-refractivity contribution in [1.29, 1.82) is 0 Å². The molecule has 0 bridgehead atoms. The number of benzene rings is 3. The molecule has 148 valence electrons. The minimum atomic E-state index is -0.821. The second kappa shape index (κ2) is 7.91. The smallest absolute Gasteiger partial charge is 0.166 e. The molecular weight excluding hydrogens is 378 g/mol. The third-order valence-corrected chi connectivity index (χ3v) is 4.86. The van der Waals surface area contributed by atoms with E-state index in [1.807, 2.05) is 43.3 Å². The van der Waals surface area contributed by atoms with Gasteiger partial charge in [-0.3, -0.25) is 4.79 Å². The molecule has 0 amide bonds. The van der Waals surface area contributed by atoms with E-state index < -0.39 is 11.6 Å². The van der Waals surface area contributed by atoms with Crippen LogP contribution in [0.2, 0.25) is 0 Å². The SMILES string of the molecule is Cc1c(COc2cc(F)c(C=O)cc2F)cccc1-c1ccc2c(c1)OCCO2. The van der Waals surface area contributed by atoms with Crippen molar-refractivity contribution in [2.24, 2.45) is 0 Å². The average Bonchev–Trinajstić information content (AvgIpc) is 2.74. The van der Waals surface area contributed by atoms with Gasteiger partial charge in [-0.2, -0.15) is 0 Å². The molecular formula is C23H18F2O4. The first-order chi connectivity index (χ1) is 14.1. The maximum absolute atomic E-state index is 14.0. The zero-order valence-electron chi connectivity index (χ0n) is 15.7. The second-order valence-electron chi connectivity index (χ2n) is 6.66. The number of halogens is 2. The van der Waals surface area contributed by atoms with Gasteiger partial charge in [0.05, 0.1) is 5.56 Å². The van der Waals surface area contributed by atoms with Gasteiger partial charge in [-0.05, 0) is 47.4 Å². The van der Waals surface area contributed by atoms with Crippen LogP contribution in [0.4, 0.5) is 8.78 Å². The van der Waals surface area contributed by atoms with Crippen molar-refractivity contribution >= 4 is 6.29 Å². The molecule has 0 aliphatic carbocycles. The highest BCUT2D eigenvalue weighted by molar-refractivity contribution is 5.75. The first-order valence-corrected chi connectivity index (χ1v) is 9.12. The van der Waals surface area contributed by atoms with Crippen LogP contribution in [0.15, 0.2) is 48.5 Å². The van der Waals surface area contributed by atoms with Gasteiger partial charge in [-0.15, -0.1) is 0 Å². The van der Waals surface area contributed by atoms with Crippen molar-refractivity contribution in [1.82, 2.24) is 0 Å². The van der Waals surface area contributed by atoms with Gasteiger partial charge in [-0.1, -0.05) is 24.3 Å². The summed E-state index contributed by atoms with van der Waals surface area (Å²) in [5.74, 6) is -0.430. The highest BCUT2D eigenvalue weighted by Gasteiger charge is 2.15. The maximum atomic E-state index is 14.0. The summed E-state index contributed by atoms with van der Waals surface area (Å²) in [6, 6.07) is 13.2. The van der Waals surface area contributed by atoms with Crippen molar-refractivity contribution in [3.05, 3.63) is 76.9 Å². The minimum Gasteiger partial charge on any atom is -0.486 e. The Morgan fingerprint density at radius 2 is 1.79 bits per heavy atom. The Bertz CT molecular complexity index is 1080. The fourth-order valence-corrected chi connectivity index (χ4v) is 3.26. The summed E-state index contributed by atoms with van der Waals surface area (Å²) in [7, 11) is 0. The Kier molecular flexibility index (Phi) is 5.16. The van der Waals surface area contributed by atoms with Gasteiger partial charge in [-0.25, -0.2) is 8.78 Å². The van der Waals surface area contributed by atoms with Gasteiger partial charge >= 0.3 is 0 Å². The third kappa shape index (κ3) is 3.78. The van der Waals surface area contributed by atoms with E-state index in [2.05, 4.69) is 0 Å². The first-order valence-electron chi connectivity index (χ1n) is 9.12. The lowest BCUT2D eigenvalue weighted by Crippen LogP contribution is -2.15. The fraction of sp³-hybridized carbons (Fsp3) is 0.174. The molecule has 0 saturated heterocycles. The van der Waals surface area contributed by atoms with Crippen LogP contribution in [-0.4, -0.2) is 19.5 Å². The number of carbonyl (C=O) groups excluding carboxylic acids is 1. The Morgan fingerprint density at radius 3 is 2.59 bits per heavy atom. The van der Waals surface area contributed by atoms with Crippen molar-refractivity contribution in [3.8, 4) is 28.4 Å². The molecule has 3 aromatic rings. The van der Waals surface area contributed by atoms with Crippen LogP contribution in [0.3, 0.4) is 0 Å². The van der Waals surface area contributed by atoms with Crippen LogP contribution in [0.1, 0.15) is 21.5 Å².